The predicted molar refractivity (Wildman–Crippen MR) is 77.8 cm³/mol. The van der Waals surface area contributed by atoms with E-state index in [9.17, 15) is 9.59 Å². The topological polar surface area (TPSA) is 105 Å². The Morgan fingerprint density at radius 1 is 1.19 bits per heavy atom. The van der Waals surface area contributed by atoms with Gasteiger partial charge in [-0.1, -0.05) is 30.3 Å². The van der Waals surface area contributed by atoms with Crippen molar-refractivity contribution in [3.63, 3.8) is 0 Å². The number of carboxylic acid groups (broad SMARTS) is 1. The van der Waals surface area contributed by atoms with Crippen LogP contribution < -0.4 is 11.1 Å². The van der Waals surface area contributed by atoms with Gasteiger partial charge in [-0.25, -0.2) is 9.78 Å². The van der Waals surface area contributed by atoms with E-state index in [-0.39, 0.29) is 18.0 Å². The van der Waals surface area contributed by atoms with Gasteiger partial charge in [0, 0.05) is 12.5 Å². The molecule has 1 unspecified atom stereocenters. The number of amides is 1. The summed E-state index contributed by atoms with van der Waals surface area (Å²) >= 11 is 0. The first kappa shape index (κ1) is 14.7. The van der Waals surface area contributed by atoms with Crippen LogP contribution >= 0.6 is 0 Å². The summed E-state index contributed by atoms with van der Waals surface area (Å²) in [5, 5.41) is 11.4. The summed E-state index contributed by atoms with van der Waals surface area (Å²) in [5.41, 5.74) is 7.20. The van der Waals surface area contributed by atoms with Gasteiger partial charge in [0.05, 0.1) is 11.9 Å². The maximum Gasteiger partial charge on any atom is 0.354 e. The molecule has 4 N–H and O–H groups in total. The molecular formula is C15H15N3O3. The Bertz CT molecular complexity index is 626. The van der Waals surface area contributed by atoms with Crippen molar-refractivity contribution in [2.45, 2.75) is 12.5 Å². The van der Waals surface area contributed by atoms with Gasteiger partial charge in [0.1, 0.15) is 5.69 Å². The van der Waals surface area contributed by atoms with Gasteiger partial charge in [-0.3, -0.25) is 4.79 Å². The van der Waals surface area contributed by atoms with Crippen LogP contribution in [0, 0.1) is 0 Å². The fraction of sp³-hybridized carbons (Fsp3) is 0.133. The third kappa shape index (κ3) is 4.12. The number of aromatic nitrogens is 1. The minimum atomic E-state index is -1.11. The van der Waals surface area contributed by atoms with Gasteiger partial charge in [0.2, 0.25) is 5.91 Å². The van der Waals surface area contributed by atoms with E-state index >= 15 is 0 Å². The van der Waals surface area contributed by atoms with Crippen LogP contribution in [0.25, 0.3) is 0 Å². The second kappa shape index (κ2) is 6.62. The largest absolute Gasteiger partial charge is 0.477 e. The number of benzene rings is 1. The molecule has 0 fully saturated rings. The number of aromatic carboxylic acids is 1. The number of nitrogens with zero attached hydrogens (tertiary/aromatic N) is 1. The molecule has 2 aromatic rings. The summed E-state index contributed by atoms with van der Waals surface area (Å²) < 4.78 is 0. The second-order valence-electron chi connectivity index (χ2n) is 4.51. The third-order valence-electron chi connectivity index (χ3n) is 2.90. The summed E-state index contributed by atoms with van der Waals surface area (Å²) in [6.07, 6.45) is 1.43. The van der Waals surface area contributed by atoms with Crippen LogP contribution in [0.2, 0.25) is 0 Å². The van der Waals surface area contributed by atoms with Gasteiger partial charge < -0.3 is 16.2 Å². The average molecular weight is 285 g/mol. The van der Waals surface area contributed by atoms with Crippen LogP contribution in [0.3, 0.4) is 0 Å². The maximum atomic E-state index is 11.9. The Hall–Kier alpha value is -2.73. The number of hydrogen-bond acceptors (Lipinski definition) is 4. The van der Waals surface area contributed by atoms with Crippen LogP contribution in [0.15, 0.2) is 48.7 Å². The minimum Gasteiger partial charge on any atom is -0.477 e. The predicted octanol–water partition coefficient (Wildman–Crippen LogP) is 1.81. The summed E-state index contributed by atoms with van der Waals surface area (Å²) in [6, 6.07) is 11.8. The van der Waals surface area contributed by atoms with Crippen molar-refractivity contribution in [1.82, 2.24) is 4.98 Å². The minimum absolute atomic E-state index is 0.0750. The third-order valence-corrected chi connectivity index (χ3v) is 2.90. The molecular weight excluding hydrogens is 270 g/mol. The van der Waals surface area contributed by atoms with Gasteiger partial charge in [0.25, 0.3) is 0 Å². The van der Waals surface area contributed by atoms with Crippen LogP contribution in [-0.2, 0) is 4.79 Å². The van der Waals surface area contributed by atoms with Crippen LogP contribution in [0.5, 0.6) is 0 Å². The quantitative estimate of drug-likeness (QED) is 0.777. The summed E-state index contributed by atoms with van der Waals surface area (Å²) in [4.78, 5) is 26.3. The maximum absolute atomic E-state index is 11.9. The van der Waals surface area contributed by atoms with E-state index in [1.165, 1.54) is 18.3 Å². The zero-order valence-electron chi connectivity index (χ0n) is 11.2. The van der Waals surface area contributed by atoms with Crippen molar-refractivity contribution < 1.29 is 14.7 Å². The number of carbonyl (C=O) groups is 2. The lowest BCUT2D eigenvalue weighted by atomic mass is 10.0. The highest BCUT2D eigenvalue weighted by molar-refractivity contribution is 5.91. The lowest BCUT2D eigenvalue weighted by Crippen LogP contribution is -2.20. The molecule has 1 atom stereocenters. The highest BCUT2D eigenvalue weighted by Gasteiger charge is 2.12. The van der Waals surface area contributed by atoms with Crippen molar-refractivity contribution in [2.75, 3.05) is 5.32 Å². The molecule has 2 rings (SSSR count). The Balaban J connectivity index is 1.94. The van der Waals surface area contributed by atoms with E-state index < -0.39 is 12.0 Å². The zero-order chi connectivity index (χ0) is 15.2. The number of rotatable bonds is 5. The number of anilines is 1. The Morgan fingerprint density at radius 3 is 2.48 bits per heavy atom. The number of pyridine rings is 1. The molecule has 1 heterocycles. The summed E-state index contributed by atoms with van der Waals surface area (Å²) in [7, 11) is 0. The standard InChI is InChI=1S/C15H15N3O3/c16-12(10-4-2-1-3-5-10)8-14(19)18-11-6-7-13(15(20)21)17-9-11/h1-7,9,12H,8,16H2,(H,18,19)(H,20,21). The first-order valence-corrected chi connectivity index (χ1v) is 6.36. The van der Waals surface area contributed by atoms with Gasteiger partial charge >= 0.3 is 5.97 Å². The Labute approximate surface area is 121 Å². The second-order valence-corrected chi connectivity index (χ2v) is 4.51. The van der Waals surface area contributed by atoms with Crippen molar-refractivity contribution in [3.05, 3.63) is 59.9 Å². The van der Waals surface area contributed by atoms with Crippen molar-refractivity contribution in [2.24, 2.45) is 5.73 Å². The fourth-order valence-electron chi connectivity index (χ4n) is 1.82. The zero-order valence-corrected chi connectivity index (χ0v) is 11.2. The average Bonchev–Trinajstić information content (AvgIpc) is 2.48. The van der Waals surface area contributed by atoms with Crippen LogP contribution in [0.4, 0.5) is 5.69 Å². The van der Waals surface area contributed by atoms with Crippen molar-refractivity contribution >= 4 is 17.6 Å². The lowest BCUT2D eigenvalue weighted by molar-refractivity contribution is -0.116. The highest BCUT2D eigenvalue weighted by atomic mass is 16.4. The SMILES string of the molecule is NC(CC(=O)Nc1ccc(C(=O)O)nc1)c1ccccc1. The molecule has 1 aromatic heterocycles. The Kier molecular flexibility index (Phi) is 4.63. The number of nitrogens with one attached hydrogen (secondary N) is 1. The van der Waals surface area contributed by atoms with Crippen LogP contribution in [0.1, 0.15) is 28.5 Å². The van der Waals surface area contributed by atoms with E-state index in [0.717, 1.165) is 5.56 Å². The molecule has 0 saturated carbocycles. The van der Waals surface area contributed by atoms with Gasteiger partial charge in [-0.05, 0) is 17.7 Å². The van der Waals surface area contributed by atoms with E-state index in [1.807, 2.05) is 30.3 Å². The first-order valence-electron chi connectivity index (χ1n) is 6.36. The van der Waals surface area contributed by atoms with Gasteiger partial charge in [0.15, 0.2) is 0 Å². The van der Waals surface area contributed by atoms with E-state index in [2.05, 4.69) is 10.3 Å². The molecule has 0 saturated heterocycles. The molecule has 6 nitrogen and oxygen atoms in total. The van der Waals surface area contributed by atoms with E-state index in [1.54, 1.807) is 0 Å². The molecule has 0 radical (unpaired) electrons. The normalized spacial score (nSPS) is 11.7. The smallest absolute Gasteiger partial charge is 0.354 e. The first-order chi connectivity index (χ1) is 10.1. The highest BCUT2D eigenvalue weighted by Crippen LogP contribution is 2.14. The molecule has 6 heteroatoms. The molecule has 108 valence electrons. The fourth-order valence-corrected chi connectivity index (χ4v) is 1.82. The number of hydrogen-bond donors (Lipinski definition) is 3. The van der Waals surface area contributed by atoms with Gasteiger partial charge in [-0.15, -0.1) is 0 Å². The van der Waals surface area contributed by atoms with Crippen LogP contribution in [-0.4, -0.2) is 22.0 Å². The monoisotopic (exact) mass is 285 g/mol. The molecule has 1 amide bonds. The number of nitrogens with two attached hydrogens (primary N) is 1. The van der Waals surface area contributed by atoms with E-state index in [4.69, 9.17) is 10.8 Å². The van der Waals surface area contributed by atoms with Crippen molar-refractivity contribution in [1.29, 1.82) is 0 Å². The Morgan fingerprint density at radius 2 is 1.90 bits per heavy atom. The van der Waals surface area contributed by atoms with Gasteiger partial charge in [-0.2, -0.15) is 0 Å². The summed E-state index contributed by atoms with van der Waals surface area (Å²) in [5.74, 6) is -1.37. The van der Waals surface area contributed by atoms with Crippen molar-refractivity contribution in [3.8, 4) is 0 Å². The molecule has 0 aliphatic heterocycles. The lowest BCUT2D eigenvalue weighted by Gasteiger charge is -2.12. The van der Waals surface area contributed by atoms with E-state index in [0.29, 0.717) is 5.69 Å². The molecule has 0 aliphatic rings. The summed E-state index contributed by atoms with van der Waals surface area (Å²) in [6.45, 7) is 0. The molecule has 0 aliphatic carbocycles. The molecule has 21 heavy (non-hydrogen) atoms. The molecule has 0 bridgehead atoms. The molecule has 0 spiro atoms. The number of carbonyl (C=O) groups excluding carboxylic acids is 1. The number of carboxylic acids is 1. The molecule has 1 aromatic carbocycles.